The summed E-state index contributed by atoms with van der Waals surface area (Å²) in [6.07, 6.45) is 7.11. The minimum atomic E-state index is -0.823. The molecular weight excluding hydrogens is 502 g/mol. The van der Waals surface area contributed by atoms with Crippen LogP contribution in [0.1, 0.15) is 84.3 Å². The van der Waals surface area contributed by atoms with Crippen LogP contribution in [0.15, 0.2) is 67.3 Å². The zero-order valence-corrected chi connectivity index (χ0v) is 25.4. The predicted molar refractivity (Wildman–Crippen MR) is 161 cm³/mol. The van der Waals surface area contributed by atoms with Crippen molar-refractivity contribution in [1.82, 2.24) is 4.90 Å². The van der Waals surface area contributed by atoms with E-state index in [9.17, 15) is 9.59 Å². The van der Waals surface area contributed by atoms with Gasteiger partial charge in [0.25, 0.3) is 0 Å². The quantitative estimate of drug-likeness (QED) is 0.120. The summed E-state index contributed by atoms with van der Waals surface area (Å²) in [6.45, 7) is 14.1. The summed E-state index contributed by atoms with van der Waals surface area (Å²) in [5, 5.41) is 0. The van der Waals surface area contributed by atoms with Gasteiger partial charge < -0.3 is 14.2 Å². The zero-order valence-electron chi connectivity index (χ0n) is 25.4. The lowest BCUT2D eigenvalue weighted by Crippen LogP contribution is -2.47. The maximum absolute atomic E-state index is 13.6. The first-order valence-corrected chi connectivity index (χ1v) is 14.6. The molecule has 0 aliphatic carbocycles. The van der Waals surface area contributed by atoms with Crippen molar-refractivity contribution in [3.63, 3.8) is 0 Å². The molecule has 6 nitrogen and oxygen atoms in total. The lowest BCUT2D eigenvalue weighted by molar-refractivity contribution is -0.155. The van der Waals surface area contributed by atoms with Crippen LogP contribution in [0.3, 0.4) is 0 Å². The van der Waals surface area contributed by atoms with Gasteiger partial charge in [0.1, 0.15) is 30.1 Å². The lowest BCUT2D eigenvalue weighted by Gasteiger charge is -2.31. The Hall–Kier alpha value is -3.28. The van der Waals surface area contributed by atoms with E-state index in [4.69, 9.17) is 14.2 Å². The minimum absolute atomic E-state index is 0.204. The molecule has 40 heavy (non-hydrogen) atoms. The fourth-order valence-corrected chi connectivity index (χ4v) is 4.22. The number of rotatable bonds is 16. The molecule has 0 radical (unpaired) electrons. The van der Waals surface area contributed by atoms with Crippen molar-refractivity contribution in [2.45, 2.75) is 104 Å². The highest BCUT2D eigenvalue weighted by atomic mass is 16.6. The van der Waals surface area contributed by atoms with Gasteiger partial charge in [0, 0.05) is 13.5 Å². The monoisotopic (exact) mass is 551 g/mol. The van der Waals surface area contributed by atoms with Crippen molar-refractivity contribution in [2.75, 3.05) is 7.05 Å². The average Bonchev–Trinajstić information content (AvgIpc) is 2.93. The Morgan fingerprint density at radius 1 is 0.950 bits per heavy atom. The summed E-state index contributed by atoms with van der Waals surface area (Å²) in [5.74, 6) is 0.667. The van der Waals surface area contributed by atoms with E-state index in [-0.39, 0.29) is 6.10 Å². The Labute approximate surface area is 241 Å². The summed E-state index contributed by atoms with van der Waals surface area (Å²) in [6, 6.07) is 16.8. The number of carbonyl (C=O) groups is 2. The molecule has 0 bridgehead atoms. The number of nitrogens with zero attached hydrogens (tertiary/aromatic N) is 1. The number of amides is 1. The SMILES string of the molecule is C=C[C@@H](C)CC[C@@H](CCCCC)OC(=O)[C@H](Cc1ccc(OCc2ccccc2)cc1)N(C)C(=O)OC(C)(C)C. The summed E-state index contributed by atoms with van der Waals surface area (Å²) in [5.41, 5.74) is 1.30. The van der Waals surface area contributed by atoms with Gasteiger partial charge in [-0.2, -0.15) is 0 Å². The fourth-order valence-electron chi connectivity index (χ4n) is 4.22. The molecular formula is C34H49NO5. The van der Waals surface area contributed by atoms with Crippen LogP contribution in [0.4, 0.5) is 4.79 Å². The van der Waals surface area contributed by atoms with Crippen molar-refractivity contribution in [2.24, 2.45) is 5.92 Å². The Bertz CT molecular complexity index is 1030. The molecule has 0 N–H and O–H groups in total. The van der Waals surface area contributed by atoms with Crippen LogP contribution in [0.5, 0.6) is 5.75 Å². The van der Waals surface area contributed by atoms with Crippen molar-refractivity contribution in [3.8, 4) is 5.75 Å². The van der Waals surface area contributed by atoms with Crippen LogP contribution in [0, 0.1) is 5.92 Å². The van der Waals surface area contributed by atoms with Crippen LogP contribution < -0.4 is 4.74 Å². The van der Waals surface area contributed by atoms with Crippen LogP contribution in [-0.2, 0) is 27.3 Å². The van der Waals surface area contributed by atoms with E-state index in [0.717, 1.165) is 55.4 Å². The second-order valence-corrected chi connectivity index (χ2v) is 11.6. The number of ether oxygens (including phenoxy) is 3. The molecule has 0 heterocycles. The third-order valence-electron chi connectivity index (χ3n) is 6.78. The summed E-state index contributed by atoms with van der Waals surface area (Å²) < 4.78 is 17.6. The maximum Gasteiger partial charge on any atom is 0.410 e. The van der Waals surface area contributed by atoms with Crippen LogP contribution in [0.25, 0.3) is 0 Å². The standard InChI is InChI=1S/C34H49NO5/c1-8-10-12-17-30(21-18-26(3)9-2)39-32(36)31(35(7)33(37)40-34(4,5)6)24-27-19-22-29(23-20-27)38-25-28-15-13-11-14-16-28/h9,11,13-16,19-20,22-23,26,30-31H,2,8,10,12,17-18,21,24-25H2,1,3-7H3/t26-,30-,31+/m1/s1. The highest BCUT2D eigenvalue weighted by Crippen LogP contribution is 2.22. The molecule has 2 aromatic carbocycles. The van der Waals surface area contributed by atoms with Crippen molar-refractivity contribution < 1.29 is 23.8 Å². The van der Waals surface area contributed by atoms with Crippen LogP contribution in [0.2, 0.25) is 0 Å². The van der Waals surface area contributed by atoms with Crippen LogP contribution >= 0.6 is 0 Å². The first-order chi connectivity index (χ1) is 19.0. The van der Waals surface area contributed by atoms with E-state index >= 15 is 0 Å². The Kier molecular flexibility index (Phi) is 13.8. The van der Waals surface area contributed by atoms with Crippen LogP contribution in [-0.4, -0.2) is 41.8 Å². The van der Waals surface area contributed by atoms with E-state index < -0.39 is 23.7 Å². The van der Waals surface area contributed by atoms with Crippen molar-refractivity contribution in [1.29, 1.82) is 0 Å². The van der Waals surface area contributed by atoms with Gasteiger partial charge in [-0.05, 0) is 75.6 Å². The lowest BCUT2D eigenvalue weighted by atomic mass is 9.99. The van der Waals surface area contributed by atoms with Crippen molar-refractivity contribution >= 4 is 12.1 Å². The third kappa shape index (κ3) is 12.3. The second kappa shape index (κ2) is 16.7. The Morgan fingerprint density at radius 2 is 1.62 bits per heavy atom. The van der Waals surface area contributed by atoms with Gasteiger partial charge in [-0.25, -0.2) is 9.59 Å². The van der Waals surface area contributed by atoms with E-state index in [2.05, 4.69) is 20.4 Å². The summed E-state index contributed by atoms with van der Waals surface area (Å²) >= 11 is 0. The van der Waals surface area contributed by atoms with Gasteiger partial charge in [-0.15, -0.1) is 6.58 Å². The molecule has 3 atom stereocenters. The van der Waals surface area contributed by atoms with E-state index in [1.54, 1.807) is 7.05 Å². The van der Waals surface area contributed by atoms with Gasteiger partial charge in [0.15, 0.2) is 0 Å². The van der Waals surface area contributed by atoms with Gasteiger partial charge in [0.05, 0.1) is 0 Å². The molecule has 1 amide bonds. The fraction of sp³-hybridized carbons (Fsp3) is 0.529. The number of carbonyl (C=O) groups excluding carboxylic acids is 2. The predicted octanol–water partition coefficient (Wildman–Crippen LogP) is 8.14. The van der Waals surface area contributed by atoms with E-state index in [0.29, 0.717) is 18.9 Å². The molecule has 0 aliphatic rings. The molecule has 0 aliphatic heterocycles. The first kappa shape index (κ1) is 32.9. The van der Waals surface area contributed by atoms with Gasteiger partial charge in [-0.1, -0.05) is 75.2 Å². The Morgan fingerprint density at radius 3 is 2.23 bits per heavy atom. The molecule has 6 heteroatoms. The smallest absolute Gasteiger partial charge is 0.410 e. The van der Waals surface area contributed by atoms with Gasteiger partial charge in [-0.3, -0.25) is 4.90 Å². The summed E-state index contributed by atoms with van der Waals surface area (Å²) in [4.78, 5) is 28.0. The Balaban J connectivity index is 2.17. The number of benzene rings is 2. The highest BCUT2D eigenvalue weighted by Gasteiger charge is 2.33. The molecule has 0 saturated heterocycles. The average molecular weight is 552 g/mol. The number of allylic oxidation sites excluding steroid dienone is 1. The third-order valence-corrected chi connectivity index (χ3v) is 6.78. The number of unbranched alkanes of at least 4 members (excludes halogenated alkanes) is 2. The molecule has 0 spiro atoms. The number of hydrogen-bond acceptors (Lipinski definition) is 5. The molecule has 0 saturated carbocycles. The minimum Gasteiger partial charge on any atom is -0.489 e. The topological polar surface area (TPSA) is 65.1 Å². The molecule has 0 aromatic heterocycles. The normalized spacial score (nSPS) is 13.6. The first-order valence-electron chi connectivity index (χ1n) is 14.6. The second-order valence-electron chi connectivity index (χ2n) is 11.6. The molecule has 220 valence electrons. The van der Waals surface area contributed by atoms with Gasteiger partial charge >= 0.3 is 12.1 Å². The molecule has 2 rings (SSSR count). The largest absolute Gasteiger partial charge is 0.489 e. The molecule has 2 aromatic rings. The zero-order chi connectivity index (χ0) is 29.5. The van der Waals surface area contributed by atoms with Crippen molar-refractivity contribution in [3.05, 3.63) is 78.4 Å². The van der Waals surface area contributed by atoms with Gasteiger partial charge in [0.2, 0.25) is 0 Å². The van der Waals surface area contributed by atoms with E-state index in [1.807, 2.05) is 81.4 Å². The molecule has 0 unspecified atom stereocenters. The summed E-state index contributed by atoms with van der Waals surface area (Å²) in [7, 11) is 1.60. The maximum atomic E-state index is 13.6. The highest BCUT2D eigenvalue weighted by molar-refractivity contribution is 5.82. The molecule has 0 fully saturated rings. The number of esters is 1. The number of hydrogen-bond donors (Lipinski definition) is 0. The number of likely N-dealkylation sites (N-methyl/N-ethyl adjacent to an activating group) is 1. The van der Waals surface area contributed by atoms with E-state index in [1.165, 1.54) is 4.90 Å².